The number of benzene rings is 7. The van der Waals surface area contributed by atoms with Crippen LogP contribution in [0.5, 0.6) is 11.5 Å². The maximum Gasteiger partial charge on any atom is 1.00 e. The number of halogens is 1. The molecule has 0 saturated heterocycles. The molecule has 0 amide bonds. The minimum absolute atomic E-state index is 0. The maximum atomic E-state index is 12.6. The summed E-state index contributed by atoms with van der Waals surface area (Å²) in [6, 6.07) is 25.5. The fourth-order valence-electron chi connectivity index (χ4n) is 6.52. The van der Waals surface area contributed by atoms with Gasteiger partial charge >= 0.3 is 207 Å². The fourth-order valence-corrected chi connectivity index (χ4v) is 9.20. The van der Waals surface area contributed by atoms with Gasteiger partial charge in [-0.15, -0.1) is 58.4 Å². The monoisotopic (exact) mass is 1160 g/mol. The van der Waals surface area contributed by atoms with Crippen molar-refractivity contribution in [1.82, 2.24) is 15.0 Å². The first kappa shape index (κ1) is 71.7. The number of hydrogen-bond donors (Lipinski definition) is 4. The molecule has 0 unspecified atom stereocenters. The zero-order chi connectivity index (χ0) is 48.2. The van der Waals surface area contributed by atoms with Crippen LogP contribution in [0.3, 0.4) is 0 Å². The average Bonchev–Trinajstić information content (AvgIpc) is 3.24. The second-order valence-corrected chi connectivity index (χ2v) is 19.3. The summed E-state index contributed by atoms with van der Waals surface area (Å²) >= 11 is 6.23. The first-order valence-corrected chi connectivity index (χ1v) is 24.0. The van der Waals surface area contributed by atoms with E-state index in [1.165, 1.54) is 30.3 Å². The first-order valence-electron chi connectivity index (χ1n) is 18.0. The van der Waals surface area contributed by atoms with Crippen molar-refractivity contribution in [3.63, 3.8) is 0 Å². The molecular formula is C39H19ClN9Na7O14S4. The second-order valence-electron chi connectivity index (χ2n) is 13.6. The number of azo groups is 2. The van der Waals surface area contributed by atoms with Crippen molar-refractivity contribution in [2.75, 3.05) is 10.6 Å². The van der Waals surface area contributed by atoms with Gasteiger partial charge in [-0.05, 0) is 46.9 Å². The van der Waals surface area contributed by atoms with Crippen molar-refractivity contribution in [2.45, 2.75) is 19.6 Å². The molecule has 0 atom stereocenters. The van der Waals surface area contributed by atoms with E-state index in [0.29, 0.717) is 23.9 Å². The Balaban J connectivity index is 0.00000391. The van der Waals surface area contributed by atoms with Gasteiger partial charge < -0.3 is 39.1 Å². The van der Waals surface area contributed by atoms with Crippen molar-refractivity contribution >= 4 is 130 Å². The molecule has 8 rings (SSSR count). The quantitative estimate of drug-likeness (QED) is 0.0382. The summed E-state index contributed by atoms with van der Waals surface area (Å²) in [6.45, 7) is 0. The molecule has 8 aromatic rings. The number of phenolic OH excluding ortho intramolecular Hbond substituents is 2. The molecule has 0 aliphatic rings. The molecule has 23 nitrogen and oxygen atoms in total. The Labute approximate surface area is 581 Å². The first-order chi connectivity index (χ1) is 31.5. The maximum absolute atomic E-state index is 12.6. The minimum Gasteiger partial charge on any atom is -0.745 e. The Morgan fingerprint density at radius 2 is 1.12 bits per heavy atom. The van der Waals surface area contributed by atoms with Crippen LogP contribution in [0, 0.1) is 18.2 Å². The summed E-state index contributed by atoms with van der Waals surface area (Å²) in [4.78, 5) is 7.81. The van der Waals surface area contributed by atoms with E-state index in [1.807, 2.05) is 0 Å². The van der Waals surface area contributed by atoms with Crippen molar-refractivity contribution in [2.24, 2.45) is 20.5 Å². The average molecular weight is 1160 g/mol. The number of aromatic nitrogens is 3. The van der Waals surface area contributed by atoms with E-state index in [0.717, 1.165) is 18.2 Å². The molecule has 35 heteroatoms. The number of nitrogens with zero attached hydrogens (tertiary/aromatic N) is 7. The zero-order valence-corrected chi connectivity index (χ0v) is 57.6. The predicted octanol–water partition coefficient (Wildman–Crippen LogP) is -14.2. The Morgan fingerprint density at radius 3 is 1.66 bits per heavy atom. The molecule has 342 valence electrons. The molecule has 1 heterocycles. The predicted molar refractivity (Wildman–Crippen MR) is 230 cm³/mol. The third kappa shape index (κ3) is 16.6. The van der Waals surface area contributed by atoms with E-state index < -0.39 is 117 Å². The Hall–Kier alpha value is -0.340. The zero-order valence-electron chi connectivity index (χ0n) is 39.6. The van der Waals surface area contributed by atoms with Gasteiger partial charge in [-0.2, -0.15) is 60.6 Å². The summed E-state index contributed by atoms with van der Waals surface area (Å²) in [6.07, 6.45) is 0. The van der Waals surface area contributed by atoms with Crippen LogP contribution in [-0.2, 0) is 40.5 Å². The Kier molecular flexibility index (Phi) is 28.0. The van der Waals surface area contributed by atoms with Gasteiger partial charge in [0.25, 0.3) is 0 Å². The fraction of sp³-hybridized carbons (Fsp3) is 0. The summed E-state index contributed by atoms with van der Waals surface area (Å²) < 4.78 is 149. The van der Waals surface area contributed by atoms with Crippen LogP contribution in [0.2, 0.25) is 5.28 Å². The number of fused-ring (bicyclic) bond motifs is 3. The Morgan fingerprint density at radius 1 is 0.568 bits per heavy atom. The third-order valence-corrected chi connectivity index (χ3v) is 12.9. The van der Waals surface area contributed by atoms with E-state index >= 15 is 0 Å². The van der Waals surface area contributed by atoms with E-state index in [9.17, 15) is 62.1 Å². The normalized spacial score (nSPS) is 11.5. The van der Waals surface area contributed by atoms with E-state index in [2.05, 4.69) is 64.2 Å². The number of anilines is 4. The number of nitrogens with one attached hydrogen (secondary N) is 2. The molecule has 7 aromatic carbocycles. The van der Waals surface area contributed by atoms with Crippen LogP contribution in [0.15, 0.2) is 131 Å². The van der Waals surface area contributed by atoms with Gasteiger partial charge in [0, 0.05) is 32.3 Å². The molecule has 0 spiro atoms. The number of hydrogen-bond acceptors (Lipinski definition) is 23. The largest absolute Gasteiger partial charge is 1.00 e. The Bertz CT molecular complexity index is 3960. The van der Waals surface area contributed by atoms with Crippen LogP contribution in [0.25, 0.3) is 32.3 Å². The molecule has 0 radical (unpaired) electrons. The van der Waals surface area contributed by atoms with Crippen LogP contribution in [0.1, 0.15) is 0 Å². The van der Waals surface area contributed by atoms with Crippen molar-refractivity contribution < 1.29 is 269 Å². The van der Waals surface area contributed by atoms with E-state index in [-0.39, 0.29) is 240 Å². The molecule has 0 aliphatic heterocycles. The summed E-state index contributed by atoms with van der Waals surface area (Å²) in [5.41, 5.74) is -2.63. The third-order valence-electron chi connectivity index (χ3n) is 9.29. The van der Waals surface area contributed by atoms with Crippen molar-refractivity contribution in [1.29, 1.82) is 0 Å². The standard InChI is InChI=1S/C39H23ClN9O14S4.7Na/c40-37-43-38(41-28-17-23(64(52,53)54)14-20-11-12-26(34(50)31(20)28)47-46-22-7-2-1-3-8-22)45-39(44-37)42-29-18-24(65(55,56)57)15-21-16-30(66(58,59)60)33(35(51)32(21)29)49-48-27-13-10-19-6-4-5-9-25(19)36(27)67(61,62)63;;;;;;;/h2-5,7-11,13-18,50-51H,(H,52,53,54)(H,55,56,57)(H,58,59,60)(H,61,62,63)(H2,41,42,43,44,45);;;;;;;/q-3;7*+1/p-4. The van der Waals surface area contributed by atoms with Crippen LogP contribution >= 0.6 is 11.6 Å². The summed E-state index contributed by atoms with van der Waals surface area (Å²) in [5, 5.41) is 41.4. The van der Waals surface area contributed by atoms with Crippen LogP contribution in [0.4, 0.5) is 46.0 Å². The summed E-state index contributed by atoms with van der Waals surface area (Å²) in [7, 11) is -21.6. The molecule has 4 N–H and O–H groups in total. The number of phenols is 2. The van der Waals surface area contributed by atoms with Gasteiger partial charge in [0.1, 0.15) is 46.2 Å². The number of rotatable bonds is 12. The van der Waals surface area contributed by atoms with Gasteiger partial charge in [0.2, 0.25) is 17.2 Å². The minimum atomic E-state index is -5.68. The number of aromatic hydroxyl groups is 2. The molecule has 0 bridgehead atoms. The van der Waals surface area contributed by atoms with Crippen LogP contribution < -0.4 is 218 Å². The molecule has 0 aliphatic carbocycles. The van der Waals surface area contributed by atoms with Crippen LogP contribution in [-0.4, -0.2) is 77.0 Å². The topological polar surface area (TPSA) is 381 Å². The summed E-state index contributed by atoms with van der Waals surface area (Å²) in [5.74, 6) is -3.06. The van der Waals surface area contributed by atoms with Gasteiger partial charge in [0.05, 0.1) is 21.2 Å². The SMILES string of the molecule is O=S(=O)([O-])c1cc(Nc2nc(Cl)nc(Nc3cc(S(=O)(=O)[O-])cc4cc(S(=O)(=O)[O-])c(N=Nc5ccc6[c-]cccc6c5S(=O)(=O)[O-])c(O)c34)n2)c2c(O)c(N=Nc3cc[c-]cc3)[c-]cc2c1.[Na+].[Na+].[Na+].[Na+].[Na+].[Na+].[Na+]. The molecule has 74 heavy (non-hydrogen) atoms. The molecular weight excluding hydrogens is 1140 g/mol. The van der Waals surface area contributed by atoms with Gasteiger partial charge in [-0.3, -0.25) is 0 Å². The van der Waals surface area contributed by atoms with Crippen molar-refractivity contribution in [3.05, 3.63) is 114 Å². The van der Waals surface area contributed by atoms with Gasteiger partial charge in [0.15, 0.2) is 5.75 Å². The molecule has 0 fully saturated rings. The van der Waals surface area contributed by atoms with Gasteiger partial charge in [-0.25, -0.2) is 33.7 Å². The molecule has 0 saturated carbocycles. The van der Waals surface area contributed by atoms with E-state index in [4.69, 9.17) is 11.6 Å². The van der Waals surface area contributed by atoms with Crippen molar-refractivity contribution in [3.8, 4) is 11.5 Å². The molecule has 1 aromatic heterocycles. The smallest absolute Gasteiger partial charge is 0.745 e. The van der Waals surface area contributed by atoms with E-state index in [1.54, 1.807) is 24.3 Å². The van der Waals surface area contributed by atoms with Gasteiger partial charge in [-0.1, -0.05) is 22.9 Å². The second kappa shape index (κ2) is 28.9.